The van der Waals surface area contributed by atoms with Gasteiger partial charge in [0.15, 0.2) is 0 Å². The lowest BCUT2D eigenvalue weighted by Gasteiger charge is -2.10. The molecule has 0 atom stereocenters. The molecule has 5 heteroatoms. The van der Waals surface area contributed by atoms with Crippen LogP contribution in [0.2, 0.25) is 0 Å². The largest absolute Gasteiger partial charge is 0.465 e. The van der Waals surface area contributed by atoms with Gasteiger partial charge in [-0.25, -0.2) is 9.78 Å². The number of aromatic nitrogens is 2. The molecule has 0 bridgehead atoms. The number of hydrogen-bond acceptors (Lipinski definition) is 4. The SMILES string of the molecule is COC(=O)c1ccc(Nc2c(-c3ccccc3)nc3cc(-c4ccccc4)ccn23)cc1. The number of fused-ring (bicyclic) bond motifs is 1. The Kier molecular flexibility index (Phi) is 5.14. The van der Waals surface area contributed by atoms with Gasteiger partial charge >= 0.3 is 5.97 Å². The first-order valence-electron chi connectivity index (χ1n) is 10.3. The molecule has 2 aromatic heterocycles. The number of carbonyl (C=O) groups is 1. The molecule has 0 aliphatic carbocycles. The van der Waals surface area contributed by atoms with Gasteiger partial charge in [-0.2, -0.15) is 0 Å². The average molecular weight is 419 g/mol. The number of esters is 1. The van der Waals surface area contributed by atoms with Crippen LogP contribution in [0, 0.1) is 0 Å². The molecular formula is C27H21N3O2. The van der Waals surface area contributed by atoms with E-state index in [1.807, 2.05) is 71.3 Å². The highest BCUT2D eigenvalue weighted by molar-refractivity contribution is 5.90. The van der Waals surface area contributed by atoms with Crippen LogP contribution in [0.1, 0.15) is 10.4 Å². The molecule has 0 amide bonds. The summed E-state index contributed by atoms with van der Waals surface area (Å²) in [7, 11) is 1.38. The molecule has 5 aromatic rings. The van der Waals surface area contributed by atoms with Gasteiger partial charge in [-0.1, -0.05) is 60.7 Å². The van der Waals surface area contributed by atoms with Crippen molar-refractivity contribution in [1.82, 2.24) is 9.38 Å². The predicted molar refractivity (Wildman–Crippen MR) is 127 cm³/mol. The number of pyridine rings is 1. The van der Waals surface area contributed by atoms with E-state index in [4.69, 9.17) is 9.72 Å². The minimum absolute atomic E-state index is 0.357. The highest BCUT2D eigenvalue weighted by Crippen LogP contribution is 2.32. The van der Waals surface area contributed by atoms with Crippen molar-refractivity contribution in [3.63, 3.8) is 0 Å². The van der Waals surface area contributed by atoms with E-state index in [-0.39, 0.29) is 5.97 Å². The fourth-order valence-electron chi connectivity index (χ4n) is 3.72. The van der Waals surface area contributed by atoms with Crippen LogP contribution >= 0.6 is 0 Å². The number of hydrogen-bond donors (Lipinski definition) is 1. The fourth-order valence-corrected chi connectivity index (χ4v) is 3.72. The van der Waals surface area contributed by atoms with Gasteiger partial charge in [0.2, 0.25) is 0 Å². The molecule has 0 spiro atoms. The van der Waals surface area contributed by atoms with Gasteiger partial charge in [0, 0.05) is 17.4 Å². The molecule has 156 valence electrons. The van der Waals surface area contributed by atoms with Gasteiger partial charge in [0.05, 0.1) is 12.7 Å². The maximum absolute atomic E-state index is 11.7. The standard InChI is InChI=1S/C27H21N3O2/c1-32-27(31)21-12-14-23(15-13-21)28-26-25(20-10-6-3-7-11-20)29-24-18-22(16-17-30(24)26)19-8-4-2-5-9-19/h2-18,28H,1H3. The molecule has 1 N–H and O–H groups in total. The molecule has 0 aliphatic heterocycles. The average Bonchev–Trinajstić information content (AvgIpc) is 3.22. The summed E-state index contributed by atoms with van der Waals surface area (Å²) in [5, 5.41) is 3.49. The molecule has 0 radical (unpaired) electrons. The maximum atomic E-state index is 11.7. The highest BCUT2D eigenvalue weighted by atomic mass is 16.5. The first-order chi connectivity index (χ1) is 15.7. The van der Waals surface area contributed by atoms with Gasteiger partial charge in [-0.3, -0.25) is 4.40 Å². The van der Waals surface area contributed by atoms with E-state index in [1.54, 1.807) is 12.1 Å². The van der Waals surface area contributed by atoms with Crippen molar-refractivity contribution in [2.75, 3.05) is 12.4 Å². The second-order valence-corrected chi connectivity index (χ2v) is 7.38. The molecule has 0 unspecified atom stereocenters. The number of anilines is 2. The lowest BCUT2D eigenvalue weighted by molar-refractivity contribution is 0.0601. The summed E-state index contributed by atoms with van der Waals surface area (Å²) in [4.78, 5) is 16.7. The van der Waals surface area contributed by atoms with E-state index >= 15 is 0 Å². The molecule has 0 saturated heterocycles. The summed E-state index contributed by atoms with van der Waals surface area (Å²) in [5.41, 5.74) is 6.33. The minimum atomic E-state index is -0.357. The molecule has 0 aliphatic rings. The molecule has 3 aromatic carbocycles. The Balaban J connectivity index is 1.60. The Hall–Kier alpha value is -4.38. The van der Waals surface area contributed by atoms with Gasteiger partial charge in [0.1, 0.15) is 17.2 Å². The Morgan fingerprint density at radius 3 is 2.12 bits per heavy atom. The fraction of sp³-hybridized carbons (Fsp3) is 0.0370. The monoisotopic (exact) mass is 419 g/mol. The van der Waals surface area contributed by atoms with Gasteiger partial charge in [0.25, 0.3) is 0 Å². The van der Waals surface area contributed by atoms with E-state index in [9.17, 15) is 4.79 Å². The third-order valence-electron chi connectivity index (χ3n) is 5.35. The van der Waals surface area contributed by atoms with Crippen molar-refractivity contribution in [3.8, 4) is 22.4 Å². The number of benzene rings is 3. The van der Waals surface area contributed by atoms with E-state index in [0.717, 1.165) is 39.5 Å². The van der Waals surface area contributed by atoms with Crippen LogP contribution in [0.15, 0.2) is 103 Å². The smallest absolute Gasteiger partial charge is 0.337 e. The first-order valence-corrected chi connectivity index (χ1v) is 10.3. The minimum Gasteiger partial charge on any atom is -0.465 e. The zero-order valence-corrected chi connectivity index (χ0v) is 17.5. The summed E-state index contributed by atoms with van der Waals surface area (Å²) in [6, 6.07) is 31.7. The molecule has 2 heterocycles. The van der Waals surface area contributed by atoms with Crippen molar-refractivity contribution in [1.29, 1.82) is 0 Å². The van der Waals surface area contributed by atoms with Crippen LogP contribution in [0.25, 0.3) is 28.0 Å². The van der Waals surface area contributed by atoms with Crippen LogP contribution in [-0.2, 0) is 4.74 Å². The Morgan fingerprint density at radius 1 is 0.812 bits per heavy atom. The van der Waals surface area contributed by atoms with Gasteiger partial charge in [-0.05, 0) is 47.5 Å². The number of ether oxygens (including phenoxy) is 1. The Bertz CT molecular complexity index is 1380. The summed E-state index contributed by atoms with van der Waals surface area (Å²) in [6.45, 7) is 0. The Labute approximate surface area is 185 Å². The second-order valence-electron chi connectivity index (χ2n) is 7.38. The quantitative estimate of drug-likeness (QED) is 0.345. The summed E-state index contributed by atoms with van der Waals surface area (Å²) < 4.78 is 6.84. The predicted octanol–water partition coefficient (Wildman–Crippen LogP) is 6.20. The molecule has 0 saturated carbocycles. The lowest BCUT2D eigenvalue weighted by atomic mass is 10.1. The number of imidazole rings is 1. The zero-order valence-electron chi connectivity index (χ0n) is 17.5. The van der Waals surface area contributed by atoms with E-state index < -0.39 is 0 Å². The van der Waals surface area contributed by atoms with Crippen molar-refractivity contribution < 1.29 is 9.53 Å². The topological polar surface area (TPSA) is 55.6 Å². The van der Waals surface area contributed by atoms with E-state index in [2.05, 4.69) is 29.6 Å². The lowest BCUT2D eigenvalue weighted by Crippen LogP contribution is -2.01. The maximum Gasteiger partial charge on any atom is 0.337 e. The van der Waals surface area contributed by atoms with Crippen LogP contribution < -0.4 is 5.32 Å². The van der Waals surface area contributed by atoms with Crippen molar-refractivity contribution in [3.05, 3.63) is 109 Å². The molecular weight excluding hydrogens is 398 g/mol. The second kappa shape index (κ2) is 8.40. The third kappa shape index (κ3) is 3.72. The van der Waals surface area contributed by atoms with Crippen molar-refractivity contribution in [2.24, 2.45) is 0 Å². The number of methoxy groups -OCH3 is 1. The van der Waals surface area contributed by atoms with E-state index in [0.29, 0.717) is 5.56 Å². The Morgan fingerprint density at radius 2 is 1.47 bits per heavy atom. The number of nitrogens with zero attached hydrogens (tertiary/aromatic N) is 2. The van der Waals surface area contributed by atoms with Gasteiger partial charge in [-0.15, -0.1) is 0 Å². The molecule has 32 heavy (non-hydrogen) atoms. The van der Waals surface area contributed by atoms with Crippen molar-refractivity contribution >= 4 is 23.1 Å². The third-order valence-corrected chi connectivity index (χ3v) is 5.35. The van der Waals surface area contributed by atoms with Crippen molar-refractivity contribution in [2.45, 2.75) is 0 Å². The first kappa shape index (κ1) is 19.6. The number of nitrogens with one attached hydrogen (secondary N) is 1. The number of carbonyl (C=O) groups excluding carboxylic acids is 1. The zero-order chi connectivity index (χ0) is 21.9. The van der Waals surface area contributed by atoms with Crippen LogP contribution in [0.5, 0.6) is 0 Å². The summed E-state index contributed by atoms with van der Waals surface area (Å²) in [5.74, 6) is 0.501. The molecule has 5 rings (SSSR count). The van der Waals surface area contributed by atoms with Gasteiger partial charge < -0.3 is 10.1 Å². The molecule has 5 nitrogen and oxygen atoms in total. The summed E-state index contributed by atoms with van der Waals surface area (Å²) >= 11 is 0. The van der Waals surface area contributed by atoms with E-state index in [1.165, 1.54) is 7.11 Å². The summed E-state index contributed by atoms with van der Waals surface area (Å²) in [6.07, 6.45) is 2.03. The van der Waals surface area contributed by atoms with Crippen LogP contribution in [0.4, 0.5) is 11.5 Å². The highest BCUT2D eigenvalue weighted by Gasteiger charge is 2.15. The normalized spacial score (nSPS) is 10.8. The van der Waals surface area contributed by atoms with Crippen LogP contribution in [0.3, 0.4) is 0 Å². The number of rotatable bonds is 5. The molecule has 0 fully saturated rings. The van der Waals surface area contributed by atoms with Crippen LogP contribution in [-0.4, -0.2) is 22.5 Å².